The summed E-state index contributed by atoms with van der Waals surface area (Å²) in [6.07, 6.45) is 5.59. The molecule has 0 spiro atoms. The molecular weight excluding hydrogens is 242 g/mol. The van der Waals surface area contributed by atoms with E-state index in [-0.39, 0.29) is 6.04 Å². The van der Waals surface area contributed by atoms with Gasteiger partial charge in [-0.25, -0.2) is 0 Å². The smallest absolute Gasteiger partial charge is 0.230 e. The molecule has 0 aromatic rings. The molecule has 0 aliphatic carbocycles. The second kappa shape index (κ2) is 6.09. The Morgan fingerprint density at radius 1 is 1.53 bits per heavy atom. The van der Waals surface area contributed by atoms with E-state index < -0.39 is 5.54 Å². The van der Waals surface area contributed by atoms with Gasteiger partial charge in [0.25, 0.3) is 0 Å². The van der Waals surface area contributed by atoms with E-state index in [9.17, 15) is 10.1 Å². The lowest BCUT2D eigenvalue weighted by atomic mass is 9.87. The molecule has 2 rings (SSSR count). The fraction of sp³-hybridized carbons (Fsp3) is 0.643. The fourth-order valence-electron chi connectivity index (χ4n) is 2.94. The number of rotatable bonds is 4. The molecule has 0 saturated carbocycles. The molecule has 0 radical (unpaired) electrons. The van der Waals surface area contributed by atoms with E-state index in [2.05, 4.69) is 17.5 Å². The van der Waals surface area contributed by atoms with Crippen LogP contribution in [0.4, 0.5) is 0 Å². The van der Waals surface area contributed by atoms with Crippen molar-refractivity contribution < 1.29 is 9.53 Å². The van der Waals surface area contributed by atoms with Crippen molar-refractivity contribution in [2.75, 3.05) is 19.7 Å². The first-order chi connectivity index (χ1) is 9.25. The van der Waals surface area contributed by atoms with E-state index in [1.54, 1.807) is 17.7 Å². The normalized spacial score (nSPS) is 29.0. The molecule has 0 aromatic heterocycles. The van der Waals surface area contributed by atoms with Crippen molar-refractivity contribution in [2.24, 2.45) is 0 Å². The summed E-state index contributed by atoms with van der Waals surface area (Å²) in [5.74, 6) is 0. The third-order valence-corrected chi connectivity index (χ3v) is 4.20. The minimum atomic E-state index is -0.413. The number of hydrogen-bond acceptors (Lipinski definition) is 4. The van der Waals surface area contributed by atoms with Gasteiger partial charge >= 0.3 is 0 Å². The average molecular weight is 262 g/mol. The Balaban J connectivity index is 1.97. The number of ether oxygens (including phenoxy) is 1. The highest BCUT2D eigenvalue weighted by Crippen LogP contribution is 2.32. The molecule has 102 valence electrons. The van der Waals surface area contributed by atoms with E-state index >= 15 is 0 Å². The molecule has 1 unspecified atom stereocenters. The van der Waals surface area contributed by atoms with Crippen molar-refractivity contribution in [3.05, 3.63) is 19.4 Å². The highest BCUT2D eigenvalue weighted by molar-refractivity contribution is 5.49. The van der Waals surface area contributed by atoms with Crippen molar-refractivity contribution >= 4 is 6.41 Å². The minimum Gasteiger partial charge on any atom is -0.319 e. The van der Waals surface area contributed by atoms with Gasteiger partial charge in [-0.3, -0.25) is 9.69 Å². The number of piperidine rings is 1. The average Bonchev–Trinajstić information content (AvgIpc) is 2.50. The predicted octanol–water partition coefficient (Wildman–Crippen LogP) is 1.29. The molecule has 5 nitrogen and oxygen atoms in total. The maximum Gasteiger partial charge on any atom is 0.230 e. The van der Waals surface area contributed by atoms with Crippen LogP contribution in [-0.2, 0) is 9.53 Å². The molecule has 0 aromatic carbocycles. The number of carbonyl (C=O) groups excluding carboxylic acids is 1. The van der Waals surface area contributed by atoms with E-state index in [4.69, 9.17) is 4.74 Å². The van der Waals surface area contributed by atoms with E-state index in [1.807, 2.05) is 0 Å². The van der Waals surface area contributed by atoms with Gasteiger partial charge in [0.15, 0.2) is 12.0 Å². The van der Waals surface area contributed by atoms with E-state index in [0.29, 0.717) is 13.0 Å². The van der Waals surface area contributed by atoms with Gasteiger partial charge in [0, 0.05) is 25.6 Å². The van der Waals surface area contributed by atoms with Crippen LogP contribution in [0.1, 0.15) is 25.7 Å². The SMILES string of the molecule is C=CN(C=O)C1CCN(C2(C#N)C[CH+]OCC2)CC1. The molecule has 5 heteroatoms. The van der Waals surface area contributed by atoms with Crippen LogP contribution >= 0.6 is 0 Å². The molecule has 1 atom stereocenters. The minimum absolute atomic E-state index is 0.214. The number of amides is 1. The first-order valence-corrected chi connectivity index (χ1v) is 6.70. The van der Waals surface area contributed by atoms with Gasteiger partial charge in [0.05, 0.1) is 6.07 Å². The number of carbonyl (C=O) groups is 1. The quantitative estimate of drug-likeness (QED) is 0.566. The zero-order chi connectivity index (χ0) is 13.7. The monoisotopic (exact) mass is 262 g/mol. The highest BCUT2D eigenvalue weighted by Gasteiger charge is 2.45. The first-order valence-electron chi connectivity index (χ1n) is 6.70. The largest absolute Gasteiger partial charge is 0.319 e. The standard InChI is InChI=1S/C14H20N3O2/c1-2-16(12-18)13-3-7-17(8-4-13)14(11-15)5-9-19-10-6-14/h2,9,12-13H,1,3-8,10H2/q+1. The summed E-state index contributed by atoms with van der Waals surface area (Å²) in [5.41, 5.74) is -0.413. The molecular formula is C14H20N3O2+. The molecule has 2 aliphatic heterocycles. The topological polar surface area (TPSA) is 56.6 Å². The molecule has 2 heterocycles. The van der Waals surface area contributed by atoms with Gasteiger partial charge in [-0.05, 0) is 19.0 Å². The van der Waals surface area contributed by atoms with Crippen molar-refractivity contribution in [3.63, 3.8) is 0 Å². The van der Waals surface area contributed by atoms with Crippen molar-refractivity contribution in [1.82, 2.24) is 9.80 Å². The Morgan fingerprint density at radius 3 is 2.74 bits per heavy atom. The molecule has 2 fully saturated rings. The zero-order valence-electron chi connectivity index (χ0n) is 11.1. The Bertz CT molecular complexity index is 355. The Kier molecular flexibility index (Phi) is 4.46. The van der Waals surface area contributed by atoms with Crippen LogP contribution in [0, 0.1) is 17.9 Å². The molecule has 1 amide bonds. The Morgan fingerprint density at radius 2 is 2.26 bits per heavy atom. The zero-order valence-corrected chi connectivity index (χ0v) is 11.1. The highest BCUT2D eigenvalue weighted by atomic mass is 16.5. The van der Waals surface area contributed by atoms with Crippen molar-refractivity contribution in [1.29, 1.82) is 5.26 Å². The van der Waals surface area contributed by atoms with Crippen LogP contribution in [0.3, 0.4) is 0 Å². The van der Waals surface area contributed by atoms with Crippen LogP contribution in [0.5, 0.6) is 0 Å². The van der Waals surface area contributed by atoms with Crippen LogP contribution < -0.4 is 0 Å². The second-order valence-corrected chi connectivity index (χ2v) is 5.09. The van der Waals surface area contributed by atoms with Gasteiger partial charge in [0.2, 0.25) is 13.0 Å². The number of nitrogens with zero attached hydrogens (tertiary/aromatic N) is 3. The lowest BCUT2D eigenvalue weighted by Gasteiger charge is -2.43. The summed E-state index contributed by atoms with van der Waals surface area (Å²) < 4.78 is 5.24. The Hall–Kier alpha value is -1.51. The van der Waals surface area contributed by atoms with Crippen molar-refractivity contribution in [2.45, 2.75) is 37.3 Å². The summed E-state index contributed by atoms with van der Waals surface area (Å²) in [6, 6.07) is 2.68. The van der Waals surface area contributed by atoms with Gasteiger partial charge in [0.1, 0.15) is 6.61 Å². The first kappa shape index (κ1) is 13.9. The molecule has 2 aliphatic rings. The number of nitriles is 1. The molecule has 0 bridgehead atoms. The fourth-order valence-corrected chi connectivity index (χ4v) is 2.94. The third kappa shape index (κ3) is 2.75. The lowest BCUT2D eigenvalue weighted by Crippen LogP contribution is -2.55. The van der Waals surface area contributed by atoms with E-state index in [1.165, 1.54) is 0 Å². The summed E-state index contributed by atoms with van der Waals surface area (Å²) in [7, 11) is 0. The maximum absolute atomic E-state index is 10.9. The van der Waals surface area contributed by atoms with Crippen LogP contribution in [0.15, 0.2) is 12.8 Å². The molecule has 19 heavy (non-hydrogen) atoms. The second-order valence-electron chi connectivity index (χ2n) is 5.09. The van der Waals surface area contributed by atoms with Gasteiger partial charge in [-0.1, -0.05) is 6.58 Å². The van der Waals surface area contributed by atoms with Crippen LogP contribution in [0.2, 0.25) is 0 Å². The maximum atomic E-state index is 10.9. The van der Waals surface area contributed by atoms with E-state index in [0.717, 1.165) is 38.8 Å². The van der Waals surface area contributed by atoms with Gasteiger partial charge in [-0.2, -0.15) is 10.00 Å². The van der Waals surface area contributed by atoms with Crippen molar-refractivity contribution in [3.8, 4) is 6.07 Å². The summed E-state index contributed by atoms with van der Waals surface area (Å²) in [4.78, 5) is 14.8. The molecule has 0 N–H and O–H groups in total. The molecule has 2 saturated heterocycles. The van der Waals surface area contributed by atoms with Crippen LogP contribution in [0.25, 0.3) is 0 Å². The third-order valence-electron chi connectivity index (χ3n) is 4.20. The summed E-state index contributed by atoms with van der Waals surface area (Å²) in [6.45, 7) is 7.69. The number of hydrogen-bond donors (Lipinski definition) is 0. The summed E-state index contributed by atoms with van der Waals surface area (Å²) in [5, 5.41) is 9.51. The summed E-state index contributed by atoms with van der Waals surface area (Å²) >= 11 is 0. The van der Waals surface area contributed by atoms with Crippen LogP contribution in [-0.4, -0.2) is 47.5 Å². The number of likely N-dealkylation sites (tertiary alicyclic amines) is 1. The predicted molar refractivity (Wildman–Crippen MR) is 70.5 cm³/mol. The van der Waals surface area contributed by atoms with Gasteiger partial charge in [-0.15, -0.1) is 0 Å². The lowest BCUT2D eigenvalue weighted by molar-refractivity contribution is -0.118. The Labute approximate surface area is 114 Å². The van der Waals surface area contributed by atoms with Gasteiger partial charge < -0.3 is 4.90 Å².